The number of para-hydroxylation sites is 1. The number of aromatic nitrogens is 1. The molecule has 0 amide bonds. The molecule has 1 aliphatic heterocycles. The number of benzene rings is 3. The molecular weight excluding hydrogens is 590 g/mol. The second-order valence-electron chi connectivity index (χ2n) is 10.5. The maximum Gasteiger partial charge on any atom is 0.338 e. The number of hydrogen-bond acceptors (Lipinski definition) is 9. The van der Waals surface area contributed by atoms with Crippen molar-refractivity contribution in [3.8, 4) is 23.3 Å². The second-order valence-corrected chi connectivity index (χ2v) is 11.5. The Morgan fingerprint density at radius 1 is 1.09 bits per heavy atom. The largest absolute Gasteiger partial charge is 0.493 e. The molecule has 0 saturated carbocycles. The Balaban J connectivity index is 1.62. The van der Waals surface area contributed by atoms with Crippen LogP contribution in [0.5, 0.6) is 17.2 Å². The summed E-state index contributed by atoms with van der Waals surface area (Å²) in [6.07, 6.45) is 1.68. The fraction of sp³-hybridized carbons (Fsp3) is 0.257. The fourth-order valence-corrected chi connectivity index (χ4v) is 6.13. The topological polar surface area (TPSA) is 112 Å². The molecule has 5 rings (SSSR count). The van der Waals surface area contributed by atoms with Gasteiger partial charge in [-0.2, -0.15) is 5.26 Å². The number of fused-ring (bicyclic) bond motifs is 1. The number of ether oxygens (including phenoxy) is 4. The Labute approximate surface area is 264 Å². The standard InChI is InChI=1S/C35H33N3O6S/c1-6-42-34(40)31-22(4)37-35-38(32(31)24-15-16-28(44-21(2)3)29(17-24)41-5)33(39)30(45-35)18-23-11-9-10-14-27(23)43-20-26-13-8-7-12-25(26)19-36/h7-18,21,32H,6,20H2,1-5H3/b30-18+/t32-/m1/s1. The quantitative estimate of drug-likeness (QED) is 0.228. The van der Waals surface area contributed by atoms with Crippen LogP contribution in [-0.4, -0.2) is 30.4 Å². The molecule has 0 fully saturated rings. The molecule has 1 aliphatic rings. The molecule has 3 aromatic carbocycles. The van der Waals surface area contributed by atoms with Crippen molar-refractivity contribution >= 4 is 23.4 Å². The number of rotatable bonds is 10. The van der Waals surface area contributed by atoms with Gasteiger partial charge in [-0.3, -0.25) is 9.36 Å². The molecule has 4 aromatic rings. The second kappa shape index (κ2) is 13.7. The Hall–Kier alpha value is -5.14. The summed E-state index contributed by atoms with van der Waals surface area (Å²) in [4.78, 5) is 32.6. The first-order valence-corrected chi connectivity index (χ1v) is 15.3. The van der Waals surface area contributed by atoms with Crippen molar-refractivity contribution in [2.45, 2.75) is 46.4 Å². The zero-order valence-corrected chi connectivity index (χ0v) is 26.5. The van der Waals surface area contributed by atoms with E-state index >= 15 is 0 Å². The highest BCUT2D eigenvalue weighted by Crippen LogP contribution is 2.36. The third-order valence-corrected chi connectivity index (χ3v) is 8.09. The van der Waals surface area contributed by atoms with Crippen molar-refractivity contribution in [2.24, 2.45) is 4.99 Å². The zero-order chi connectivity index (χ0) is 32.1. The van der Waals surface area contributed by atoms with Crippen LogP contribution in [0, 0.1) is 11.3 Å². The van der Waals surface area contributed by atoms with Crippen molar-refractivity contribution in [3.63, 3.8) is 0 Å². The van der Waals surface area contributed by atoms with Gasteiger partial charge in [0.2, 0.25) is 0 Å². The van der Waals surface area contributed by atoms with Gasteiger partial charge in [0.1, 0.15) is 12.4 Å². The Kier molecular flexibility index (Phi) is 9.50. The molecule has 0 aliphatic carbocycles. The summed E-state index contributed by atoms with van der Waals surface area (Å²) >= 11 is 1.22. The number of allylic oxidation sites excluding steroid dienone is 1. The minimum atomic E-state index is -0.807. The van der Waals surface area contributed by atoms with E-state index in [0.29, 0.717) is 49.0 Å². The summed E-state index contributed by atoms with van der Waals surface area (Å²) in [6, 6.07) is 21.4. The van der Waals surface area contributed by atoms with E-state index in [1.165, 1.54) is 15.9 Å². The van der Waals surface area contributed by atoms with Crippen molar-refractivity contribution in [1.82, 2.24) is 4.57 Å². The number of hydrogen-bond donors (Lipinski definition) is 0. The number of nitriles is 1. The lowest BCUT2D eigenvalue weighted by Crippen LogP contribution is -2.40. The fourth-order valence-electron chi connectivity index (χ4n) is 5.10. The molecule has 0 unspecified atom stereocenters. The van der Waals surface area contributed by atoms with Crippen LogP contribution in [0.25, 0.3) is 6.08 Å². The van der Waals surface area contributed by atoms with Crippen molar-refractivity contribution in [1.29, 1.82) is 5.26 Å². The lowest BCUT2D eigenvalue weighted by atomic mass is 9.95. The first kappa shape index (κ1) is 31.3. The number of carbonyl (C=O) groups excluding carboxylic acids is 1. The van der Waals surface area contributed by atoms with E-state index in [2.05, 4.69) is 11.1 Å². The maximum atomic E-state index is 14.2. The molecule has 0 bridgehead atoms. The molecule has 0 saturated heterocycles. The molecule has 0 N–H and O–H groups in total. The van der Waals surface area contributed by atoms with Crippen LogP contribution < -0.4 is 29.1 Å². The van der Waals surface area contributed by atoms with Gasteiger partial charge in [0, 0.05) is 11.1 Å². The molecule has 9 nitrogen and oxygen atoms in total. The van der Waals surface area contributed by atoms with Crippen LogP contribution >= 0.6 is 11.3 Å². The predicted octanol–water partition coefficient (Wildman–Crippen LogP) is 5.04. The highest BCUT2D eigenvalue weighted by molar-refractivity contribution is 7.07. The van der Waals surface area contributed by atoms with E-state index in [1.807, 2.05) is 62.4 Å². The van der Waals surface area contributed by atoms with Crippen LogP contribution in [0.15, 0.2) is 87.8 Å². The van der Waals surface area contributed by atoms with E-state index in [1.54, 1.807) is 45.2 Å². The van der Waals surface area contributed by atoms with E-state index in [0.717, 1.165) is 5.56 Å². The first-order valence-electron chi connectivity index (χ1n) is 14.5. The predicted molar refractivity (Wildman–Crippen MR) is 171 cm³/mol. The molecule has 0 radical (unpaired) electrons. The third-order valence-electron chi connectivity index (χ3n) is 7.11. The highest BCUT2D eigenvalue weighted by Gasteiger charge is 2.34. The average Bonchev–Trinajstić information content (AvgIpc) is 3.33. The Bertz CT molecular complexity index is 2000. The van der Waals surface area contributed by atoms with Gasteiger partial charge in [0.05, 0.1) is 53.3 Å². The monoisotopic (exact) mass is 623 g/mol. The van der Waals surface area contributed by atoms with E-state index in [9.17, 15) is 14.9 Å². The lowest BCUT2D eigenvalue weighted by Gasteiger charge is -2.25. The summed E-state index contributed by atoms with van der Waals surface area (Å²) in [6.45, 7) is 7.68. The number of thiazole rings is 1. The van der Waals surface area contributed by atoms with Crippen molar-refractivity contribution in [2.75, 3.05) is 13.7 Å². The zero-order valence-electron chi connectivity index (χ0n) is 25.7. The molecule has 10 heteroatoms. The van der Waals surface area contributed by atoms with E-state index < -0.39 is 12.0 Å². The smallest absolute Gasteiger partial charge is 0.338 e. The number of nitrogens with zero attached hydrogens (tertiary/aromatic N) is 3. The average molecular weight is 624 g/mol. The maximum absolute atomic E-state index is 14.2. The van der Waals surface area contributed by atoms with Gasteiger partial charge < -0.3 is 18.9 Å². The molecular formula is C35H33N3O6S. The highest BCUT2D eigenvalue weighted by atomic mass is 32.1. The van der Waals surface area contributed by atoms with E-state index in [4.69, 9.17) is 18.9 Å². The number of carbonyl (C=O) groups is 1. The summed E-state index contributed by atoms with van der Waals surface area (Å²) in [5, 5.41) is 9.46. The van der Waals surface area contributed by atoms with Gasteiger partial charge in [0.15, 0.2) is 16.3 Å². The minimum Gasteiger partial charge on any atom is -0.493 e. The summed E-state index contributed by atoms with van der Waals surface area (Å²) in [5.74, 6) is 1.04. The Morgan fingerprint density at radius 3 is 2.58 bits per heavy atom. The van der Waals surface area contributed by atoms with Crippen LogP contribution in [0.4, 0.5) is 0 Å². The van der Waals surface area contributed by atoms with Crippen LogP contribution in [0.3, 0.4) is 0 Å². The first-order chi connectivity index (χ1) is 21.7. The molecule has 0 spiro atoms. The van der Waals surface area contributed by atoms with Crippen LogP contribution in [-0.2, 0) is 16.1 Å². The van der Waals surface area contributed by atoms with Gasteiger partial charge in [-0.15, -0.1) is 0 Å². The van der Waals surface area contributed by atoms with Crippen molar-refractivity contribution < 1.29 is 23.7 Å². The number of esters is 1. The SMILES string of the molecule is CCOC(=O)C1=C(C)N=c2s/c(=C/c3ccccc3OCc3ccccc3C#N)c(=O)n2[C@@H]1c1ccc(OC(C)C)c(OC)c1. The summed E-state index contributed by atoms with van der Waals surface area (Å²) < 4.78 is 25.0. The van der Waals surface area contributed by atoms with Crippen molar-refractivity contribution in [3.05, 3.63) is 120 Å². The molecule has 230 valence electrons. The summed E-state index contributed by atoms with van der Waals surface area (Å²) in [5.41, 5.74) is 3.06. The van der Waals surface area contributed by atoms with Crippen LogP contribution in [0.1, 0.15) is 56.0 Å². The molecule has 1 aromatic heterocycles. The van der Waals surface area contributed by atoms with Gasteiger partial charge in [0.25, 0.3) is 5.56 Å². The van der Waals surface area contributed by atoms with Gasteiger partial charge >= 0.3 is 5.97 Å². The van der Waals surface area contributed by atoms with Gasteiger partial charge in [-0.1, -0.05) is 53.8 Å². The Morgan fingerprint density at radius 2 is 1.84 bits per heavy atom. The van der Waals surface area contributed by atoms with E-state index in [-0.39, 0.29) is 30.5 Å². The molecule has 45 heavy (non-hydrogen) atoms. The van der Waals surface area contributed by atoms with Gasteiger partial charge in [-0.25, -0.2) is 9.79 Å². The number of methoxy groups -OCH3 is 1. The molecule has 2 heterocycles. The lowest BCUT2D eigenvalue weighted by molar-refractivity contribution is -0.139. The van der Waals surface area contributed by atoms with Gasteiger partial charge in [-0.05, 0) is 63.6 Å². The minimum absolute atomic E-state index is 0.0763. The normalized spacial score (nSPS) is 14.4. The van der Waals surface area contributed by atoms with Crippen LogP contribution in [0.2, 0.25) is 0 Å². The molecule has 1 atom stereocenters. The summed E-state index contributed by atoms with van der Waals surface area (Å²) in [7, 11) is 1.55. The third kappa shape index (κ3) is 6.54.